The molecule has 0 saturated heterocycles. The van der Waals surface area contributed by atoms with Gasteiger partial charge in [0, 0.05) is 104 Å². The molecule has 6 aliphatic carbocycles. The number of hydrogen-bond donors (Lipinski definition) is 1. The van der Waals surface area contributed by atoms with E-state index in [-0.39, 0.29) is 52.2 Å². The molecule has 0 amide bonds. The molecule has 16 heteroatoms. The number of pyridine rings is 3. The highest BCUT2D eigenvalue weighted by Crippen LogP contribution is 2.56. The first-order valence-electron chi connectivity index (χ1n) is 29.2. The molecular weight excluding hydrogens is 1070 g/mol. The number of nitrogens with zero attached hydrogens (tertiary/aromatic N) is 10. The van der Waals surface area contributed by atoms with E-state index in [1.54, 1.807) is 62.3 Å². The number of benzene rings is 1. The summed E-state index contributed by atoms with van der Waals surface area (Å²) in [7, 11) is 1.33. The van der Waals surface area contributed by atoms with Gasteiger partial charge in [-0.05, 0) is 162 Å². The summed E-state index contributed by atoms with van der Waals surface area (Å²) in [5, 5.41) is 10.7. The Morgan fingerprint density at radius 2 is 1.22 bits per heavy atom. The number of carbonyl (C=O) groups is 3. The van der Waals surface area contributed by atoms with Gasteiger partial charge in [0.1, 0.15) is 11.2 Å². The van der Waals surface area contributed by atoms with E-state index in [9.17, 15) is 23.9 Å². The van der Waals surface area contributed by atoms with Crippen LogP contribution in [0.3, 0.4) is 0 Å². The Kier molecular flexibility index (Phi) is 15.2. The topological polar surface area (TPSA) is 201 Å². The molecule has 0 saturated carbocycles. The van der Waals surface area contributed by atoms with Crippen molar-refractivity contribution in [2.24, 2.45) is 35.0 Å². The average Bonchev–Trinajstić information content (AvgIpc) is 0.884. The fraction of sp³-hybridized carbons (Fsp3) is 0.377. The van der Waals surface area contributed by atoms with E-state index in [1.807, 2.05) is 63.2 Å². The lowest BCUT2D eigenvalue weighted by atomic mass is 9.53. The number of ketones is 2. The van der Waals surface area contributed by atoms with Crippen molar-refractivity contribution in [1.29, 1.82) is 0 Å². The number of fused-ring (bicyclic) bond motifs is 9. The molecule has 1 aromatic carbocycles. The minimum atomic E-state index is -1.22. The zero-order valence-electron chi connectivity index (χ0n) is 49.7. The third kappa shape index (κ3) is 9.75. The van der Waals surface area contributed by atoms with Crippen molar-refractivity contribution in [2.45, 2.75) is 124 Å². The maximum Gasteiger partial charge on any atom is 0.319 e. The first-order chi connectivity index (χ1) is 40.7. The molecule has 0 unspecified atom stereocenters. The first-order valence-corrected chi connectivity index (χ1v) is 29.2. The molecule has 0 aliphatic heterocycles. The number of aliphatic hydroxyl groups is 1. The second kappa shape index (κ2) is 22.3. The Bertz CT molecular complexity index is 3990. The zero-order valence-corrected chi connectivity index (χ0v) is 49.7. The van der Waals surface area contributed by atoms with Crippen LogP contribution in [0.5, 0.6) is 0 Å². The molecule has 9 atom stereocenters. The van der Waals surface area contributed by atoms with Crippen LogP contribution in [0.4, 0.5) is 4.39 Å². The molecule has 0 spiro atoms. The highest BCUT2D eigenvalue weighted by Gasteiger charge is 2.59. The van der Waals surface area contributed by atoms with Crippen molar-refractivity contribution in [1.82, 2.24) is 44.9 Å². The molecule has 15 nitrogen and oxygen atoms in total. The molecule has 1 N–H and O–H groups in total. The second-order valence-corrected chi connectivity index (χ2v) is 24.5. The van der Waals surface area contributed by atoms with Gasteiger partial charge in [0.25, 0.3) is 0 Å². The van der Waals surface area contributed by atoms with Gasteiger partial charge in [-0.1, -0.05) is 58.9 Å². The summed E-state index contributed by atoms with van der Waals surface area (Å²) in [4.78, 5) is 82.8. The molecule has 6 heterocycles. The smallest absolute Gasteiger partial charge is 0.319 e. The van der Waals surface area contributed by atoms with Crippen LogP contribution in [-0.4, -0.2) is 74.6 Å². The number of rotatable bonds is 5. The Labute approximate surface area is 495 Å². The normalized spacial score (nSPS) is 26.7. The van der Waals surface area contributed by atoms with Crippen LogP contribution in [0, 0.1) is 68.2 Å². The van der Waals surface area contributed by atoms with Crippen LogP contribution in [0.15, 0.2) is 128 Å². The lowest BCUT2D eigenvalue weighted by Gasteiger charge is -2.49. The molecule has 0 bridgehead atoms. The minimum Gasteiger partial charge on any atom is -0.523 e. The summed E-state index contributed by atoms with van der Waals surface area (Å²) in [6.45, 7) is 25.8. The van der Waals surface area contributed by atoms with E-state index in [0.29, 0.717) is 53.8 Å². The summed E-state index contributed by atoms with van der Waals surface area (Å²) in [6, 6.07) is 16.2. The number of aromatic nitrogens is 9. The Hall–Kier alpha value is -8.84. The van der Waals surface area contributed by atoms with Gasteiger partial charge in [-0.2, -0.15) is 0 Å². The number of halogens is 1. The number of carbonyl (C=O) groups excluding carboxylic acids is 3. The molecule has 0 fully saturated rings. The van der Waals surface area contributed by atoms with E-state index in [4.69, 9.17) is 41.2 Å². The number of hydrogen-bond acceptors (Lipinski definition) is 14. The largest absolute Gasteiger partial charge is 0.523 e. The summed E-state index contributed by atoms with van der Waals surface area (Å²) < 4.78 is 20.0. The first kappa shape index (κ1) is 58.0. The number of methoxy groups -OCH3 is 1. The second-order valence-electron chi connectivity index (χ2n) is 24.5. The third-order valence-electron chi connectivity index (χ3n) is 19.7. The van der Waals surface area contributed by atoms with Gasteiger partial charge in [0.15, 0.2) is 29.0 Å². The number of allylic oxidation sites excluding steroid dienone is 6. The van der Waals surface area contributed by atoms with Crippen LogP contribution >= 0.6 is 0 Å². The van der Waals surface area contributed by atoms with Crippen molar-refractivity contribution in [3.8, 4) is 45.4 Å². The van der Waals surface area contributed by atoms with Gasteiger partial charge in [-0.25, -0.2) is 39.1 Å². The standard InChI is InChI=1S/C27H25FN4O.C22H23N3O3.C20H21N3O/c1-15-14-30-12-11-17(15)26-31-23(18-7-5-6-8-21(18)28)19-9-10-20-16(2)24(33)22(29-4)13-27(20,3)25(19)32-26;1-13-15-5-6-16-21(2,10-7-17(26)22(16,3)20(27)28-4)18(15)25-19(24-13)14-8-11-23-12-9-14;1-12-16-5-4-15-13(2)22-19(14-7-10-21-11-8-14)23-18(15)20(16,3)9-6-17(12)24/h5-8,11-12,14,16,20,33H,9-10,13H2,1-3H3;7-12,16H,5-6H2,1-4H3;6-12,16H,4-5H2,1-3H3/t16-,20-,27-;16-,21+,22+;12-,16-,20-/m101/s1. The fourth-order valence-electron chi connectivity index (χ4n) is 14.9. The van der Waals surface area contributed by atoms with Crippen LogP contribution in [-0.2, 0) is 54.6 Å². The number of esters is 1. The fourth-order valence-corrected chi connectivity index (χ4v) is 14.9. The summed E-state index contributed by atoms with van der Waals surface area (Å²) in [5.74, 6) is 1.46. The van der Waals surface area contributed by atoms with E-state index in [0.717, 1.165) is 93.4 Å². The minimum absolute atomic E-state index is 0.0489. The lowest BCUT2D eigenvalue weighted by molar-refractivity contribution is -0.162. The summed E-state index contributed by atoms with van der Waals surface area (Å²) in [6.07, 6.45) is 23.0. The number of aryl methyl sites for hydroxylation is 3. The van der Waals surface area contributed by atoms with Gasteiger partial charge < -0.3 is 9.84 Å². The van der Waals surface area contributed by atoms with Crippen molar-refractivity contribution in [2.75, 3.05) is 7.11 Å². The Morgan fingerprint density at radius 1 is 0.659 bits per heavy atom. The van der Waals surface area contributed by atoms with Crippen LogP contribution in [0.2, 0.25) is 0 Å². The SMILES string of the molecule is COC(=O)[C@@]1(C)C(=O)C=C[C@@]2(C)c3nc(-c4ccncc4)nc(C)c3CC[C@H]12.Cc1nc(-c2ccncc2)nc2c1CC[C@@H]1[C@@H](C)C(=O)C=C[C@@]21C.[C-]#[N+]C1=C(O)[C@H](C)[C@H]2CCc3c(-c4ccccc4F)nc(-c4ccncc4C)nc3[C@]2(C)C1. The molecule has 0 radical (unpaired) electrons. The van der Waals surface area contributed by atoms with Crippen molar-refractivity contribution in [3.63, 3.8) is 0 Å². The van der Waals surface area contributed by atoms with Crippen LogP contribution < -0.4 is 0 Å². The number of aliphatic hydroxyl groups excluding tert-OH is 1. The quantitative estimate of drug-likeness (QED) is 0.0969. The molecule has 6 aliphatic rings. The van der Waals surface area contributed by atoms with Gasteiger partial charge >= 0.3 is 5.97 Å². The predicted molar refractivity (Wildman–Crippen MR) is 321 cm³/mol. The van der Waals surface area contributed by atoms with Crippen molar-refractivity contribution in [3.05, 3.63) is 195 Å². The number of ether oxygens (including phenoxy) is 1. The molecule has 13 rings (SSSR count). The Balaban J connectivity index is 0.000000134. The van der Waals surface area contributed by atoms with Crippen LogP contribution in [0.1, 0.15) is 118 Å². The average molecular weight is 1140 g/mol. The maximum atomic E-state index is 15.0. The zero-order chi connectivity index (χ0) is 60.3. The van der Waals surface area contributed by atoms with Crippen molar-refractivity contribution >= 4 is 17.5 Å². The van der Waals surface area contributed by atoms with E-state index < -0.39 is 22.2 Å². The van der Waals surface area contributed by atoms with E-state index in [1.165, 1.54) is 24.8 Å². The molecule has 6 aromatic heterocycles. The van der Waals surface area contributed by atoms with Gasteiger partial charge in [0.2, 0.25) is 5.70 Å². The molecule has 85 heavy (non-hydrogen) atoms. The maximum absolute atomic E-state index is 15.0. The van der Waals surface area contributed by atoms with Gasteiger partial charge in [-0.3, -0.25) is 29.3 Å². The van der Waals surface area contributed by atoms with Crippen LogP contribution in [0.25, 0.3) is 50.3 Å². The van der Waals surface area contributed by atoms with Crippen molar-refractivity contribution < 1.29 is 28.6 Å². The van der Waals surface area contributed by atoms with E-state index >= 15 is 0 Å². The van der Waals surface area contributed by atoms with E-state index in [2.05, 4.69) is 60.5 Å². The predicted octanol–water partition coefficient (Wildman–Crippen LogP) is 12.6. The summed E-state index contributed by atoms with van der Waals surface area (Å²) >= 11 is 0. The molecule has 7 aromatic rings. The van der Waals surface area contributed by atoms with Gasteiger partial charge in [0.05, 0.1) is 42.2 Å². The van der Waals surface area contributed by atoms with Gasteiger partial charge in [-0.15, -0.1) is 0 Å². The summed E-state index contributed by atoms with van der Waals surface area (Å²) in [5.41, 5.74) is 10.8. The molecular formula is C69H69FN10O5. The highest BCUT2D eigenvalue weighted by molar-refractivity contribution is 6.10. The molecule has 432 valence electrons. The lowest BCUT2D eigenvalue weighted by Crippen LogP contribution is -2.55. The third-order valence-corrected chi connectivity index (χ3v) is 19.7. The highest BCUT2D eigenvalue weighted by atomic mass is 19.1. The monoisotopic (exact) mass is 1140 g/mol. The Morgan fingerprint density at radius 3 is 1.84 bits per heavy atom.